The average molecular weight is 290 g/mol. The number of nitrogens with one attached hydrogen (secondary N) is 1. The van der Waals surface area contributed by atoms with Crippen molar-refractivity contribution in [1.82, 2.24) is 20.4 Å². The van der Waals surface area contributed by atoms with Gasteiger partial charge in [-0.05, 0) is 26.0 Å². The summed E-state index contributed by atoms with van der Waals surface area (Å²) in [6.45, 7) is 8.32. The van der Waals surface area contributed by atoms with Gasteiger partial charge in [0.1, 0.15) is 5.76 Å². The van der Waals surface area contributed by atoms with Crippen LogP contribution in [0.25, 0.3) is 0 Å². The molecule has 0 bridgehead atoms. The van der Waals surface area contributed by atoms with E-state index >= 15 is 0 Å². The van der Waals surface area contributed by atoms with Gasteiger partial charge in [0, 0.05) is 39.0 Å². The van der Waals surface area contributed by atoms with Gasteiger partial charge in [-0.2, -0.15) is 4.98 Å². The smallest absolute Gasteiger partial charge is 0.227 e. The molecule has 6 heteroatoms. The minimum Gasteiger partial charge on any atom is -0.469 e. The van der Waals surface area contributed by atoms with E-state index in [-0.39, 0.29) is 5.54 Å². The van der Waals surface area contributed by atoms with Crippen molar-refractivity contribution in [1.29, 1.82) is 0 Å². The Bertz CT molecular complexity index is 556. The maximum Gasteiger partial charge on any atom is 0.227 e. The van der Waals surface area contributed by atoms with Crippen LogP contribution in [-0.4, -0.2) is 41.2 Å². The van der Waals surface area contributed by atoms with E-state index in [2.05, 4.69) is 34.2 Å². The van der Waals surface area contributed by atoms with Crippen molar-refractivity contribution < 1.29 is 8.94 Å². The lowest BCUT2D eigenvalue weighted by atomic mass is 10.0. The maximum atomic E-state index is 5.40. The van der Waals surface area contributed by atoms with E-state index in [1.54, 1.807) is 6.26 Å². The van der Waals surface area contributed by atoms with E-state index in [0.717, 1.165) is 44.2 Å². The minimum atomic E-state index is -0.200. The third kappa shape index (κ3) is 3.16. The van der Waals surface area contributed by atoms with Crippen LogP contribution in [0, 0.1) is 0 Å². The molecule has 0 aromatic carbocycles. The molecule has 2 aromatic rings. The molecular formula is C15H22N4O2. The Kier molecular flexibility index (Phi) is 4.07. The van der Waals surface area contributed by atoms with Crippen molar-refractivity contribution in [2.24, 2.45) is 0 Å². The summed E-state index contributed by atoms with van der Waals surface area (Å²) >= 11 is 0. The molecule has 114 valence electrons. The molecule has 1 saturated heterocycles. The SMILES string of the molecule is CC(C)(c1noc(CCc2ccco2)n1)N1CCNCC1. The Hall–Kier alpha value is -1.66. The van der Waals surface area contributed by atoms with Crippen LogP contribution in [0.2, 0.25) is 0 Å². The van der Waals surface area contributed by atoms with E-state index in [1.807, 2.05) is 12.1 Å². The molecule has 0 aliphatic carbocycles. The molecule has 0 unspecified atom stereocenters. The predicted molar refractivity (Wildman–Crippen MR) is 77.9 cm³/mol. The zero-order valence-corrected chi connectivity index (χ0v) is 12.6. The first-order valence-corrected chi connectivity index (χ1v) is 7.47. The molecule has 6 nitrogen and oxygen atoms in total. The quantitative estimate of drug-likeness (QED) is 0.902. The summed E-state index contributed by atoms with van der Waals surface area (Å²) in [7, 11) is 0. The second-order valence-corrected chi connectivity index (χ2v) is 5.89. The molecule has 1 fully saturated rings. The van der Waals surface area contributed by atoms with Crippen molar-refractivity contribution >= 4 is 0 Å². The Morgan fingerprint density at radius 1 is 1.29 bits per heavy atom. The Morgan fingerprint density at radius 3 is 2.81 bits per heavy atom. The summed E-state index contributed by atoms with van der Waals surface area (Å²) in [5, 5.41) is 7.55. The highest BCUT2D eigenvalue weighted by Crippen LogP contribution is 2.25. The summed E-state index contributed by atoms with van der Waals surface area (Å²) < 4.78 is 10.7. The van der Waals surface area contributed by atoms with E-state index in [9.17, 15) is 0 Å². The molecule has 1 aliphatic heterocycles. The predicted octanol–water partition coefficient (Wildman–Crippen LogP) is 1.59. The minimum absolute atomic E-state index is 0.200. The van der Waals surface area contributed by atoms with Crippen LogP contribution in [0.15, 0.2) is 27.3 Å². The number of rotatable bonds is 5. The zero-order valence-electron chi connectivity index (χ0n) is 12.6. The molecule has 0 spiro atoms. The molecule has 1 N–H and O–H groups in total. The lowest BCUT2D eigenvalue weighted by Crippen LogP contribution is -2.52. The molecule has 2 aromatic heterocycles. The van der Waals surface area contributed by atoms with Gasteiger partial charge in [0.15, 0.2) is 5.82 Å². The molecule has 21 heavy (non-hydrogen) atoms. The lowest BCUT2D eigenvalue weighted by Gasteiger charge is -2.38. The fourth-order valence-electron chi connectivity index (χ4n) is 2.66. The summed E-state index contributed by atoms with van der Waals surface area (Å²) in [6, 6.07) is 3.85. The van der Waals surface area contributed by atoms with Crippen LogP contribution in [0.1, 0.15) is 31.3 Å². The van der Waals surface area contributed by atoms with Crippen LogP contribution in [-0.2, 0) is 18.4 Å². The number of nitrogens with zero attached hydrogens (tertiary/aromatic N) is 3. The summed E-state index contributed by atoms with van der Waals surface area (Å²) in [6.07, 6.45) is 3.17. The third-order valence-electron chi connectivity index (χ3n) is 4.09. The number of hydrogen-bond acceptors (Lipinski definition) is 6. The normalized spacial score (nSPS) is 17.2. The molecule has 0 amide bonds. The first kappa shape index (κ1) is 14.3. The van der Waals surface area contributed by atoms with Gasteiger partial charge in [0.05, 0.1) is 11.8 Å². The fraction of sp³-hybridized carbons (Fsp3) is 0.600. The van der Waals surface area contributed by atoms with Crippen LogP contribution in [0.4, 0.5) is 0 Å². The van der Waals surface area contributed by atoms with E-state index in [0.29, 0.717) is 12.3 Å². The molecular weight excluding hydrogens is 268 g/mol. The van der Waals surface area contributed by atoms with Gasteiger partial charge < -0.3 is 14.3 Å². The molecule has 0 saturated carbocycles. The number of aryl methyl sites for hydroxylation is 2. The zero-order chi connectivity index (χ0) is 14.7. The lowest BCUT2D eigenvalue weighted by molar-refractivity contribution is 0.0924. The van der Waals surface area contributed by atoms with Gasteiger partial charge in [0.25, 0.3) is 0 Å². The van der Waals surface area contributed by atoms with Crippen molar-refractivity contribution in [3.63, 3.8) is 0 Å². The van der Waals surface area contributed by atoms with Crippen molar-refractivity contribution in [2.45, 2.75) is 32.2 Å². The maximum absolute atomic E-state index is 5.40. The number of hydrogen-bond donors (Lipinski definition) is 1. The number of piperazine rings is 1. The Balaban J connectivity index is 1.65. The molecule has 0 atom stereocenters. The third-order valence-corrected chi connectivity index (χ3v) is 4.09. The summed E-state index contributed by atoms with van der Waals surface area (Å²) in [5.41, 5.74) is -0.200. The van der Waals surface area contributed by atoms with E-state index in [1.165, 1.54) is 0 Å². The van der Waals surface area contributed by atoms with E-state index in [4.69, 9.17) is 8.94 Å². The molecule has 3 heterocycles. The molecule has 3 rings (SSSR count). The van der Waals surface area contributed by atoms with Crippen LogP contribution in [0.5, 0.6) is 0 Å². The second-order valence-electron chi connectivity index (χ2n) is 5.89. The fourth-order valence-corrected chi connectivity index (χ4v) is 2.66. The highest BCUT2D eigenvalue weighted by atomic mass is 16.5. The summed E-state index contributed by atoms with van der Waals surface area (Å²) in [4.78, 5) is 6.97. The average Bonchev–Trinajstić information content (AvgIpc) is 3.18. The monoisotopic (exact) mass is 290 g/mol. The Morgan fingerprint density at radius 2 is 2.10 bits per heavy atom. The topological polar surface area (TPSA) is 67.3 Å². The van der Waals surface area contributed by atoms with Gasteiger partial charge in [-0.25, -0.2) is 0 Å². The van der Waals surface area contributed by atoms with Crippen molar-refractivity contribution in [3.8, 4) is 0 Å². The first-order chi connectivity index (χ1) is 10.2. The molecule has 0 radical (unpaired) electrons. The van der Waals surface area contributed by atoms with Gasteiger partial charge in [-0.15, -0.1) is 0 Å². The summed E-state index contributed by atoms with van der Waals surface area (Å²) in [5.74, 6) is 2.37. The standard InChI is InChI=1S/C15H22N4O2/c1-15(2,19-9-7-16-8-10-19)14-17-13(21-18-14)6-5-12-4-3-11-20-12/h3-4,11,16H,5-10H2,1-2H3. The van der Waals surface area contributed by atoms with Crippen LogP contribution < -0.4 is 5.32 Å². The number of furan rings is 1. The number of aromatic nitrogens is 2. The Labute approximate surface area is 124 Å². The van der Waals surface area contributed by atoms with Gasteiger partial charge >= 0.3 is 0 Å². The first-order valence-electron chi connectivity index (χ1n) is 7.47. The largest absolute Gasteiger partial charge is 0.469 e. The second kappa shape index (κ2) is 5.99. The van der Waals surface area contributed by atoms with Crippen molar-refractivity contribution in [2.75, 3.05) is 26.2 Å². The van der Waals surface area contributed by atoms with Crippen LogP contribution >= 0.6 is 0 Å². The highest BCUT2D eigenvalue weighted by Gasteiger charge is 2.34. The van der Waals surface area contributed by atoms with Gasteiger partial charge in [-0.1, -0.05) is 5.16 Å². The molecule has 1 aliphatic rings. The van der Waals surface area contributed by atoms with Crippen LogP contribution in [0.3, 0.4) is 0 Å². The van der Waals surface area contributed by atoms with Gasteiger partial charge in [-0.3, -0.25) is 4.90 Å². The van der Waals surface area contributed by atoms with E-state index < -0.39 is 0 Å². The van der Waals surface area contributed by atoms with Crippen molar-refractivity contribution in [3.05, 3.63) is 35.9 Å². The van der Waals surface area contributed by atoms with Gasteiger partial charge in [0.2, 0.25) is 5.89 Å². The highest BCUT2D eigenvalue weighted by molar-refractivity contribution is 5.05.